The molecule has 0 amide bonds. The second kappa shape index (κ2) is 6.98. The summed E-state index contributed by atoms with van der Waals surface area (Å²) in [6.45, 7) is 0. The Morgan fingerprint density at radius 3 is 2.50 bits per heavy atom. The zero-order valence-corrected chi connectivity index (χ0v) is 8.72. The number of nitrogens with one attached hydrogen (secondary N) is 1. The Kier molecular flexibility index (Phi) is 6.78. The van der Waals surface area contributed by atoms with Crippen molar-refractivity contribution in [3.63, 3.8) is 0 Å². The largest absolute Gasteiger partial charge is 0.507 e. The molecular formula is C7H15NO5P+. The average Bonchev–Trinajstić information content (AvgIpc) is 2.22. The van der Waals surface area contributed by atoms with E-state index >= 15 is 0 Å². The molecule has 0 saturated heterocycles. The first-order chi connectivity index (χ1) is 6.52. The Morgan fingerprint density at radius 1 is 1.50 bits per heavy atom. The minimum atomic E-state index is -1.82. The van der Waals surface area contributed by atoms with Gasteiger partial charge in [0.15, 0.2) is 6.16 Å². The Bertz CT molecular complexity index is 201. The molecule has 0 spiro atoms. The molecule has 0 aromatic rings. The third kappa shape index (κ3) is 4.74. The molecule has 0 rings (SSSR count). The SMILES string of the molecule is CO[P+](=O)CC[C@@H](O)[C@@H](O)[C@@H](O)C=N. The highest BCUT2D eigenvalue weighted by atomic mass is 31.1. The third-order valence-corrected chi connectivity index (χ3v) is 2.76. The molecule has 7 heteroatoms. The van der Waals surface area contributed by atoms with Crippen molar-refractivity contribution in [3.05, 3.63) is 0 Å². The molecule has 1 unspecified atom stereocenters. The van der Waals surface area contributed by atoms with Gasteiger partial charge >= 0.3 is 8.03 Å². The van der Waals surface area contributed by atoms with Gasteiger partial charge in [-0.05, 0) is 4.57 Å². The second-order valence-corrected chi connectivity index (χ2v) is 4.22. The molecule has 0 bridgehead atoms. The Labute approximate surface area is 82.9 Å². The minimum absolute atomic E-state index is 0.0507. The van der Waals surface area contributed by atoms with Crippen molar-refractivity contribution in [1.29, 1.82) is 5.41 Å². The van der Waals surface area contributed by atoms with Crippen molar-refractivity contribution in [2.45, 2.75) is 24.7 Å². The first-order valence-electron chi connectivity index (χ1n) is 4.06. The lowest BCUT2D eigenvalue weighted by atomic mass is 10.1. The highest BCUT2D eigenvalue weighted by molar-refractivity contribution is 7.39. The summed E-state index contributed by atoms with van der Waals surface area (Å²) >= 11 is 0. The summed E-state index contributed by atoms with van der Waals surface area (Å²) in [6, 6.07) is 0. The predicted octanol–water partition coefficient (Wildman–Crippen LogP) is -0.502. The van der Waals surface area contributed by atoms with Crippen molar-refractivity contribution < 1.29 is 24.4 Å². The molecule has 0 radical (unpaired) electrons. The van der Waals surface area contributed by atoms with Crippen LogP contribution in [0.3, 0.4) is 0 Å². The standard InChI is InChI=1S/C7H15NO5P/c1-13-14(12)3-2-5(9)7(11)6(10)4-8/h4-11H,2-3H2,1H3/q+1/t5-,6+,7-/m1/s1. The lowest BCUT2D eigenvalue weighted by Gasteiger charge is -2.18. The Hall–Kier alpha value is -0.390. The molecule has 0 aliphatic carbocycles. The average molecular weight is 224 g/mol. The van der Waals surface area contributed by atoms with E-state index in [-0.39, 0.29) is 12.6 Å². The summed E-state index contributed by atoms with van der Waals surface area (Å²) < 4.78 is 15.3. The van der Waals surface area contributed by atoms with Crippen molar-refractivity contribution in [2.24, 2.45) is 0 Å². The molecule has 0 saturated carbocycles. The van der Waals surface area contributed by atoms with Gasteiger partial charge < -0.3 is 20.7 Å². The molecule has 0 fully saturated rings. The highest BCUT2D eigenvalue weighted by Crippen LogP contribution is 2.22. The maximum atomic E-state index is 10.8. The first-order valence-corrected chi connectivity index (χ1v) is 5.42. The van der Waals surface area contributed by atoms with Crippen LogP contribution in [0.25, 0.3) is 0 Å². The van der Waals surface area contributed by atoms with Crippen LogP contribution in [0.1, 0.15) is 6.42 Å². The molecule has 14 heavy (non-hydrogen) atoms. The third-order valence-electron chi connectivity index (χ3n) is 1.73. The van der Waals surface area contributed by atoms with E-state index in [0.717, 1.165) is 0 Å². The number of hydrogen-bond donors (Lipinski definition) is 4. The zero-order valence-electron chi connectivity index (χ0n) is 7.83. The van der Waals surface area contributed by atoms with E-state index in [0.29, 0.717) is 6.21 Å². The number of aliphatic hydroxyl groups excluding tert-OH is 3. The van der Waals surface area contributed by atoms with Crippen LogP contribution in [0.15, 0.2) is 0 Å². The van der Waals surface area contributed by atoms with Crippen molar-refractivity contribution in [1.82, 2.24) is 0 Å². The molecule has 0 heterocycles. The number of hydrogen-bond acceptors (Lipinski definition) is 6. The van der Waals surface area contributed by atoms with Gasteiger partial charge in [-0.2, -0.15) is 0 Å². The van der Waals surface area contributed by atoms with E-state index < -0.39 is 26.3 Å². The summed E-state index contributed by atoms with van der Waals surface area (Å²) in [7, 11) is -0.533. The van der Waals surface area contributed by atoms with E-state index in [4.69, 9.17) is 10.5 Å². The Morgan fingerprint density at radius 2 is 2.07 bits per heavy atom. The van der Waals surface area contributed by atoms with Crippen LogP contribution in [0, 0.1) is 5.41 Å². The molecule has 0 aliphatic heterocycles. The maximum Gasteiger partial charge on any atom is 0.507 e. The van der Waals surface area contributed by atoms with Gasteiger partial charge in [0, 0.05) is 12.6 Å². The van der Waals surface area contributed by atoms with E-state index in [1.165, 1.54) is 7.11 Å². The van der Waals surface area contributed by atoms with Crippen LogP contribution in [-0.2, 0) is 9.09 Å². The normalized spacial score (nSPS) is 18.4. The van der Waals surface area contributed by atoms with E-state index in [2.05, 4.69) is 4.52 Å². The summed E-state index contributed by atoms with van der Waals surface area (Å²) in [6.07, 6.45) is -3.24. The smallest absolute Gasteiger partial charge is 0.390 e. The minimum Gasteiger partial charge on any atom is -0.390 e. The van der Waals surface area contributed by atoms with Gasteiger partial charge in [0.2, 0.25) is 0 Å². The second-order valence-electron chi connectivity index (χ2n) is 2.74. The van der Waals surface area contributed by atoms with E-state index in [9.17, 15) is 14.8 Å². The molecule has 0 aromatic heterocycles. The van der Waals surface area contributed by atoms with Gasteiger partial charge in [0.05, 0.1) is 13.2 Å². The van der Waals surface area contributed by atoms with Gasteiger partial charge in [-0.25, -0.2) is 0 Å². The zero-order chi connectivity index (χ0) is 11.1. The lowest BCUT2D eigenvalue weighted by molar-refractivity contribution is -0.0337. The Balaban J connectivity index is 3.89. The predicted molar refractivity (Wildman–Crippen MR) is 50.9 cm³/mol. The first kappa shape index (κ1) is 13.6. The lowest BCUT2D eigenvalue weighted by Crippen LogP contribution is -2.38. The molecule has 4 atom stereocenters. The van der Waals surface area contributed by atoms with Crippen LogP contribution >= 0.6 is 8.03 Å². The van der Waals surface area contributed by atoms with Crippen LogP contribution in [0.4, 0.5) is 0 Å². The van der Waals surface area contributed by atoms with Gasteiger partial charge in [-0.3, -0.25) is 0 Å². The molecular weight excluding hydrogens is 209 g/mol. The number of rotatable bonds is 7. The number of aliphatic hydroxyl groups is 3. The monoisotopic (exact) mass is 224 g/mol. The van der Waals surface area contributed by atoms with Gasteiger partial charge in [-0.15, -0.1) is 4.52 Å². The maximum absolute atomic E-state index is 10.8. The van der Waals surface area contributed by atoms with E-state index in [1.807, 2.05) is 0 Å². The summed E-state index contributed by atoms with van der Waals surface area (Å²) in [5, 5.41) is 34.1. The summed E-state index contributed by atoms with van der Waals surface area (Å²) in [5.74, 6) is 0. The molecule has 4 N–H and O–H groups in total. The van der Waals surface area contributed by atoms with Crippen molar-refractivity contribution in [2.75, 3.05) is 13.3 Å². The van der Waals surface area contributed by atoms with Crippen molar-refractivity contribution in [3.8, 4) is 0 Å². The molecule has 0 aliphatic rings. The summed E-state index contributed by atoms with van der Waals surface area (Å²) in [4.78, 5) is 0. The fraction of sp³-hybridized carbons (Fsp3) is 0.857. The highest BCUT2D eigenvalue weighted by Gasteiger charge is 2.26. The molecule has 0 aromatic carbocycles. The molecule has 82 valence electrons. The summed E-state index contributed by atoms with van der Waals surface area (Å²) in [5.41, 5.74) is 0. The van der Waals surface area contributed by atoms with Gasteiger partial charge in [0.1, 0.15) is 12.2 Å². The van der Waals surface area contributed by atoms with Crippen LogP contribution in [-0.4, -0.2) is 53.1 Å². The van der Waals surface area contributed by atoms with Gasteiger partial charge in [0.25, 0.3) is 0 Å². The fourth-order valence-electron chi connectivity index (χ4n) is 0.826. The topological polar surface area (TPSA) is 111 Å². The van der Waals surface area contributed by atoms with E-state index in [1.54, 1.807) is 0 Å². The fourth-order valence-corrected chi connectivity index (χ4v) is 1.48. The van der Waals surface area contributed by atoms with Crippen LogP contribution < -0.4 is 0 Å². The van der Waals surface area contributed by atoms with Gasteiger partial charge in [-0.1, -0.05) is 0 Å². The quantitative estimate of drug-likeness (QED) is 0.344. The van der Waals surface area contributed by atoms with Crippen LogP contribution in [0.2, 0.25) is 0 Å². The molecule has 6 nitrogen and oxygen atoms in total. The van der Waals surface area contributed by atoms with Crippen molar-refractivity contribution >= 4 is 14.2 Å². The van der Waals surface area contributed by atoms with Crippen LogP contribution in [0.5, 0.6) is 0 Å².